The van der Waals surface area contributed by atoms with Crippen molar-refractivity contribution in [2.45, 2.75) is 70.8 Å². The van der Waals surface area contributed by atoms with E-state index >= 15 is 0 Å². The lowest BCUT2D eigenvalue weighted by molar-refractivity contribution is -0.0601. The van der Waals surface area contributed by atoms with E-state index in [9.17, 15) is 15.3 Å². The standard InChI is InChI=1S/C24H32N6O3S/c1-11-17(22-29-18-12(2)25-8-7-16(18)34-22)21(30-23(27-11)26-10-13-5-6-13)28-15-9-14(24(3,4)33)19(31)20(15)32/h7-8,13-15,19-20,31-33H,5-6,9-10H2,1-4H3,(H2,26,27,28,30)/t14-,15+,19+,20-/m0/s1. The van der Waals surface area contributed by atoms with Gasteiger partial charge in [-0.25, -0.2) is 9.97 Å². The predicted octanol–water partition coefficient (Wildman–Crippen LogP) is 2.88. The van der Waals surface area contributed by atoms with Gasteiger partial charge < -0.3 is 26.0 Å². The molecule has 2 aliphatic rings. The molecule has 34 heavy (non-hydrogen) atoms. The van der Waals surface area contributed by atoms with Gasteiger partial charge in [-0.1, -0.05) is 0 Å². The first-order chi connectivity index (χ1) is 16.1. The minimum Gasteiger partial charge on any atom is -0.390 e. The van der Waals surface area contributed by atoms with Gasteiger partial charge in [-0.3, -0.25) is 4.98 Å². The van der Waals surface area contributed by atoms with Crippen LogP contribution in [0, 0.1) is 25.7 Å². The highest BCUT2D eigenvalue weighted by Crippen LogP contribution is 2.40. The third-order valence-corrected chi connectivity index (χ3v) is 7.99. The molecule has 182 valence electrons. The predicted molar refractivity (Wildman–Crippen MR) is 133 cm³/mol. The Bertz CT molecular complexity index is 1210. The molecule has 5 rings (SSSR count). The van der Waals surface area contributed by atoms with E-state index in [0.717, 1.165) is 38.7 Å². The molecule has 0 amide bonds. The topological polar surface area (TPSA) is 136 Å². The van der Waals surface area contributed by atoms with Crippen molar-refractivity contribution in [1.29, 1.82) is 0 Å². The molecule has 5 N–H and O–H groups in total. The number of fused-ring (bicyclic) bond motifs is 1. The van der Waals surface area contributed by atoms with Crippen molar-refractivity contribution < 1.29 is 15.3 Å². The molecule has 0 radical (unpaired) electrons. The van der Waals surface area contributed by atoms with E-state index in [1.807, 2.05) is 19.9 Å². The van der Waals surface area contributed by atoms with Crippen LogP contribution in [0.2, 0.25) is 0 Å². The number of aromatic nitrogens is 4. The molecule has 0 saturated heterocycles. The lowest BCUT2D eigenvalue weighted by Gasteiger charge is -2.28. The molecule has 4 atom stereocenters. The first kappa shape index (κ1) is 23.3. The highest BCUT2D eigenvalue weighted by atomic mass is 32.1. The van der Waals surface area contributed by atoms with Crippen LogP contribution in [-0.2, 0) is 0 Å². The molecule has 0 aliphatic heterocycles. The van der Waals surface area contributed by atoms with Gasteiger partial charge >= 0.3 is 0 Å². The van der Waals surface area contributed by atoms with Gasteiger partial charge in [-0.15, -0.1) is 11.3 Å². The number of rotatable bonds is 7. The van der Waals surface area contributed by atoms with Crippen molar-refractivity contribution in [2.24, 2.45) is 11.8 Å². The van der Waals surface area contributed by atoms with E-state index in [0.29, 0.717) is 24.1 Å². The molecule has 2 saturated carbocycles. The Hall–Kier alpha value is -2.40. The Morgan fingerprint density at radius 3 is 2.50 bits per heavy atom. The van der Waals surface area contributed by atoms with Crippen LogP contribution in [0.5, 0.6) is 0 Å². The maximum atomic E-state index is 10.8. The fourth-order valence-corrected chi connectivity index (χ4v) is 5.82. The highest BCUT2D eigenvalue weighted by Gasteiger charge is 2.48. The quantitative estimate of drug-likeness (QED) is 0.343. The summed E-state index contributed by atoms with van der Waals surface area (Å²) < 4.78 is 1.03. The van der Waals surface area contributed by atoms with Gasteiger partial charge in [0.25, 0.3) is 0 Å². The van der Waals surface area contributed by atoms with E-state index in [1.165, 1.54) is 12.8 Å². The van der Waals surface area contributed by atoms with Gasteiger partial charge in [0.05, 0.1) is 39.4 Å². The molecule has 0 bridgehead atoms. The van der Waals surface area contributed by atoms with Gasteiger partial charge in [-0.2, -0.15) is 4.98 Å². The average molecular weight is 485 g/mol. The summed E-state index contributed by atoms with van der Waals surface area (Å²) in [5.41, 5.74) is 2.13. The number of anilines is 2. The molecule has 0 aromatic carbocycles. The van der Waals surface area contributed by atoms with Crippen molar-refractivity contribution in [3.8, 4) is 10.6 Å². The molecule has 0 unspecified atom stereocenters. The van der Waals surface area contributed by atoms with Gasteiger partial charge in [0.1, 0.15) is 22.4 Å². The number of pyridine rings is 1. The Morgan fingerprint density at radius 2 is 1.85 bits per heavy atom. The number of aryl methyl sites for hydroxylation is 2. The van der Waals surface area contributed by atoms with Crippen LogP contribution in [0.15, 0.2) is 12.3 Å². The number of nitrogens with zero attached hydrogens (tertiary/aromatic N) is 4. The molecule has 10 heteroatoms. The molecule has 2 fully saturated rings. The van der Waals surface area contributed by atoms with Crippen molar-refractivity contribution in [3.05, 3.63) is 23.7 Å². The van der Waals surface area contributed by atoms with Gasteiger partial charge in [0.2, 0.25) is 5.95 Å². The van der Waals surface area contributed by atoms with E-state index in [-0.39, 0.29) is 0 Å². The van der Waals surface area contributed by atoms with Crippen molar-refractivity contribution in [2.75, 3.05) is 17.2 Å². The second kappa shape index (κ2) is 8.67. The third-order valence-electron chi connectivity index (χ3n) is 6.95. The monoisotopic (exact) mass is 484 g/mol. The number of hydrogen-bond donors (Lipinski definition) is 5. The molecular weight excluding hydrogens is 452 g/mol. The molecule has 9 nitrogen and oxygen atoms in total. The van der Waals surface area contributed by atoms with Crippen molar-refractivity contribution in [3.63, 3.8) is 0 Å². The number of thiazole rings is 1. The SMILES string of the molecule is Cc1nc(NCC2CC2)nc(N[C@@H]2C[C@H](C(C)(C)O)[C@@H](O)[C@H]2O)c1-c1nc2c(C)nccc2s1. The summed E-state index contributed by atoms with van der Waals surface area (Å²) in [6.07, 6.45) is 2.55. The Kier molecular flexibility index (Phi) is 5.96. The summed E-state index contributed by atoms with van der Waals surface area (Å²) in [7, 11) is 0. The van der Waals surface area contributed by atoms with Crippen LogP contribution >= 0.6 is 11.3 Å². The van der Waals surface area contributed by atoms with Crippen LogP contribution in [0.3, 0.4) is 0 Å². The maximum absolute atomic E-state index is 10.8. The van der Waals surface area contributed by atoms with Gasteiger partial charge in [0, 0.05) is 18.7 Å². The molecular formula is C24H32N6O3S. The Morgan fingerprint density at radius 1 is 1.09 bits per heavy atom. The largest absolute Gasteiger partial charge is 0.390 e. The van der Waals surface area contributed by atoms with Crippen LogP contribution in [0.1, 0.15) is 44.5 Å². The minimum atomic E-state index is -1.12. The first-order valence-corrected chi connectivity index (χ1v) is 12.6. The molecule has 0 spiro atoms. The summed E-state index contributed by atoms with van der Waals surface area (Å²) in [5, 5.41) is 39.4. The number of aliphatic hydroxyl groups is 3. The zero-order valence-corrected chi connectivity index (χ0v) is 20.7. The number of hydrogen-bond acceptors (Lipinski definition) is 10. The van der Waals surface area contributed by atoms with Crippen molar-refractivity contribution >= 4 is 33.3 Å². The minimum absolute atomic E-state index is 0.405. The second-order valence-corrected chi connectivity index (χ2v) is 11.2. The Labute approximate surface area is 202 Å². The highest BCUT2D eigenvalue weighted by molar-refractivity contribution is 7.21. The molecule has 3 heterocycles. The summed E-state index contributed by atoms with van der Waals surface area (Å²) in [6, 6.07) is 1.47. The summed E-state index contributed by atoms with van der Waals surface area (Å²) in [5.74, 6) is 1.29. The summed E-state index contributed by atoms with van der Waals surface area (Å²) in [4.78, 5) is 18.7. The maximum Gasteiger partial charge on any atom is 0.224 e. The van der Waals surface area contributed by atoms with E-state index in [1.54, 1.807) is 31.4 Å². The van der Waals surface area contributed by atoms with Crippen molar-refractivity contribution in [1.82, 2.24) is 19.9 Å². The zero-order valence-electron chi connectivity index (χ0n) is 19.9. The zero-order chi connectivity index (χ0) is 24.2. The van der Waals surface area contributed by atoms with Crippen LogP contribution < -0.4 is 10.6 Å². The lowest BCUT2D eigenvalue weighted by Crippen LogP contribution is -2.40. The van der Waals surface area contributed by atoms with E-state index in [4.69, 9.17) is 15.0 Å². The first-order valence-electron chi connectivity index (χ1n) is 11.8. The fourth-order valence-electron chi connectivity index (χ4n) is 4.71. The third kappa shape index (κ3) is 4.47. The smallest absolute Gasteiger partial charge is 0.224 e. The van der Waals surface area contributed by atoms with Gasteiger partial charge in [-0.05, 0) is 58.9 Å². The lowest BCUT2D eigenvalue weighted by atomic mass is 9.88. The van der Waals surface area contributed by atoms with Crippen LogP contribution in [-0.4, -0.2) is 65.7 Å². The fraction of sp³-hybridized carbons (Fsp3) is 0.583. The van der Waals surface area contributed by atoms with Crippen LogP contribution in [0.25, 0.3) is 20.8 Å². The second-order valence-electron chi connectivity index (χ2n) is 10.2. The summed E-state index contributed by atoms with van der Waals surface area (Å²) in [6.45, 7) is 8.02. The molecule has 2 aliphatic carbocycles. The van der Waals surface area contributed by atoms with Gasteiger partial charge in [0.15, 0.2) is 0 Å². The van der Waals surface area contributed by atoms with E-state index < -0.39 is 29.8 Å². The van der Waals surface area contributed by atoms with Crippen LogP contribution in [0.4, 0.5) is 11.8 Å². The normalized spacial score (nSPS) is 25.1. The number of nitrogens with one attached hydrogen (secondary N) is 2. The molecule has 3 aromatic rings. The number of aliphatic hydroxyl groups excluding tert-OH is 2. The van der Waals surface area contributed by atoms with E-state index in [2.05, 4.69) is 15.6 Å². The average Bonchev–Trinajstić information content (AvgIpc) is 3.43. The summed E-state index contributed by atoms with van der Waals surface area (Å²) >= 11 is 1.55. The molecule has 3 aromatic heterocycles. The Balaban J connectivity index is 1.53.